The van der Waals surface area contributed by atoms with E-state index in [1.807, 2.05) is 6.92 Å². The number of carbonyl (C=O) groups is 2. The van der Waals surface area contributed by atoms with Crippen LogP contribution in [0.5, 0.6) is 0 Å². The molecule has 2 amide bonds. The fraction of sp³-hybridized carbons (Fsp3) is 0.857. The molecule has 0 aliphatic carbocycles. The van der Waals surface area contributed by atoms with E-state index in [9.17, 15) is 9.59 Å². The number of hydrogen-bond acceptors (Lipinski definition) is 3. The Morgan fingerprint density at radius 1 is 1.47 bits per heavy atom. The molecule has 0 saturated carbocycles. The number of likely N-dealkylation sites (tertiary alicyclic amines) is 1. The summed E-state index contributed by atoms with van der Waals surface area (Å²) in [5, 5.41) is 2.76. The van der Waals surface area contributed by atoms with E-state index < -0.39 is 0 Å². The second-order valence-electron chi connectivity index (χ2n) is 5.73. The van der Waals surface area contributed by atoms with Gasteiger partial charge in [-0.25, -0.2) is 0 Å². The third kappa shape index (κ3) is 5.59. The van der Waals surface area contributed by atoms with Crippen LogP contribution in [0.15, 0.2) is 0 Å². The topological polar surface area (TPSA) is 58.6 Å². The first-order chi connectivity index (χ1) is 8.90. The fourth-order valence-electron chi connectivity index (χ4n) is 2.31. The Kier molecular flexibility index (Phi) is 6.28. The van der Waals surface area contributed by atoms with Gasteiger partial charge in [0.15, 0.2) is 0 Å². The van der Waals surface area contributed by atoms with Crippen molar-refractivity contribution in [2.45, 2.75) is 52.2 Å². The first kappa shape index (κ1) is 16.0. The molecule has 1 N–H and O–H groups in total. The largest absolute Gasteiger partial charge is 0.378 e. The van der Waals surface area contributed by atoms with Crippen LogP contribution in [0, 0.1) is 5.92 Å². The van der Waals surface area contributed by atoms with E-state index in [0.717, 1.165) is 6.42 Å². The average molecular weight is 270 g/mol. The Bertz CT molecular complexity index is 318. The number of nitrogens with zero attached hydrogens (tertiary/aromatic N) is 1. The maximum atomic E-state index is 11.7. The van der Waals surface area contributed by atoms with Gasteiger partial charge in [-0.05, 0) is 25.7 Å². The minimum Gasteiger partial charge on any atom is -0.378 e. The zero-order valence-electron chi connectivity index (χ0n) is 12.4. The summed E-state index contributed by atoms with van der Waals surface area (Å²) >= 11 is 0. The van der Waals surface area contributed by atoms with Gasteiger partial charge in [-0.2, -0.15) is 0 Å². The van der Waals surface area contributed by atoms with E-state index in [2.05, 4.69) is 19.2 Å². The minimum atomic E-state index is -0.342. The third-order valence-corrected chi connectivity index (χ3v) is 3.30. The summed E-state index contributed by atoms with van der Waals surface area (Å²) in [6.07, 6.45) is 2.18. The molecular weight excluding hydrogens is 244 g/mol. The van der Waals surface area contributed by atoms with Gasteiger partial charge in [0.2, 0.25) is 11.8 Å². The van der Waals surface area contributed by atoms with Crippen molar-refractivity contribution in [3.05, 3.63) is 0 Å². The molecule has 0 radical (unpaired) electrons. The summed E-state index contributed by atoms with van der Waals surface area (Å²) in [7, 11) is 1.76. The molecule has 0 unspecified atom stereocenters. The Hall–Kier alpha value is -1.10. The highest BCUT2D eigenvalue weighted by atomic mass is 16.5. The molecule has 0 aromatic rings. The number of ether oxygens (including phenoxy) is 1. The lowest BCUT2D eigenvalue weighted by Crippen LogP contribution is -2.40. The molecule has 5 nitrogen and oxygen atoms in total. The lowest BCUT2D eigenvalue weighted by atomic mass is 10.1. The van der Waals surface area contributed by atoms with Crippen LogP contribution in [0.2, 0.25) is 0 Å². The molecule has 0 aromatic heterocycles. The predicted octanol–water partition coefficient (Wildman–Crippen LogP) is 1.17. The molecule has 0 bridgehead atoms. The van der Waals surface area contributed by atoms with Gasteiger partial charge < -0.3 is 15.0 Å². The molecule has 0 spiro atoms. The Morgan fingerprint density at radius 3 is 2.68 bits per heavy atom. The molecule has 1 aliphatic rings. The number of hydrogen-bond donors (Lipinski definition) is 1. The Morgan fingerprint density at radius 2 is 2.16 bits per heavy atom. The zero-order chi connectivity index (χ0) is 14.4. The monoisotopic (exact) mass is 270 g/mol. The normalized spacial score (nSPS) is 21.0. The van der Waals surface area contributed by atoms with Gasteiger partial charge in [0.05, 0.1) is 12.7 Å². The standard InChI is InChI=1S/C14H26N2O3/c1-10(2)9-11(3)19-8-6-13(17)15-12-5-7-16(4)14(12)18/h10-12H,5-9H2,1-4H3,(H,15,17)/t11-,12+/m1/s1. The second kappa shape index (κ2) is 7.48. The van der Waals surface area contributed by atoms with Crippen molar-refractivity contribution in [3.8, 4) is 0 Å². The molecule has 1 aliphatic heterocycles. The van der Waals surface area contributed by atoms with Crippen LogP contribution >= 0.6 is 0 Å². The van der Waals surface area contributed by atoms with Gasteiger partial charge in [0.25, 0.3) is 0 Å². The van der Waals surface area contributed by atoms with E-state index in [1.165, 1.54) is 0 Å². The second-order valence-corrected chi connectivity index (χ2v) is 5.73. The fourth-order valence-corrected chi connectivity index (χ4v) is 2.31. The summed E-state index contributed by atoms with van der Waals surface area (Å²) < 4.78 is 5.58. The van der Waals surface area contributed by atoms with Crippen LogP contribution in [-0.4, -0.2) is 49.1 Å². The lowest BCUT2D eigenvalue weighted by molar-refractivity contribution is -0.132. The first-order valence-electron chi connectivity index (χ1n) is 7.06. The number of amides is 2. The number of rotatable bonds is 7. The summed E-state index contributed by atoms with van der Waals surface area (Å²) in [4.78, 5) is 25.0. The first-order valence-corrected chi connectivity index (χ1v) is 7.06. The van der Waals surface area contributed by atoms with Gasteiger partial charge in [-0.1, -0.05) is 13.8 Å². The molecule has 19 heavy (non-hydrogen) atoms. The van der Waals surface area contributed by atoms with E-state index in [1.54, 1.807) is 11.9 Å². The van der Waals surface area contributed by atoms with E-state index in [4.69, 9.17) is 4.74 Å². The number of carbonyl (C=O) groups excluding carboxylic acids is 2. The van der Waals surface area contributed by atoms with Crippen LogP contribution < -0.4 is 5.32 Å². The van der Waals surface area contributed by atoms with Crippen LogP contribution in [0.4, 0.5) is 0 Å². The highest BCUT2D eigenvalue weighted by molar-refractivity contribution is 5.88. The maximum Gasteiger partial charge on any atom is 0.244 e. The highest BCUT2D eigenvalue weighted by Gasteiger charge is 2.29. The predicted molar refractivity (Wildman–Crippen MR) is 73.7 cm³/mol. The molecule has 1 rings (SSSR count). The summed E-state index contributed by atoms with van der Waals surface area (Å²) in [6.45, 7) is 7.44. The van der Waals surface area contributed by atoms with Gasteiger partial charge in [0.1, 0.15) is 6.04 Å². The van der Waals surface area contributed by atoms with Crippen molar-refractivity contribution in [3.63, 3.8) is 0 Å². The van der Waals surface area contributed by atoms with E-state index >= 15 is 0 Å². The quantitative estimate of drug-likeness (QED) is 0.755. The number of likely N-dealkylation sites (N-methyl/N-ethyl adjacent to an activating group) is 1. The van der Waals surface area contributed by atoms with Crippen LogP contribution in [0.25, 0.3) is 0 Å². The minimum absolute atomic E-state index is 0.00226. The highest BCUT2D eigenvalue weighted by Crippen LogP contribution is 2.09. The van der Waals surface area contributed by atoms with Crippen molar-refractivity contribution in [1.82, 2.24) is 10.2 Å². The van der Waals surface area contributed by atoms with Crippen LogP contribution in [0.1, 0.15) is 40.0 Å². The average Bonchev–Trinajstić information content (AvgIpc) is 2.60. The molecular formula is C14H26N2O3. The summed E-state index contributed by atoms with van der Waals surface area (Å²) in [6, 6.07) is -0.342. The lowest BCUT2D eigenvalue weighted by Gasteiger charge is -2.16. The van der Waals surface area contributed by atoms with E-state index in [-0.39, 0.29) is 24.0 Å². The number of nitrogens with one attached hydrogen (secondary N) is 1. The van der Waals surface area contributed by atoms with Gasteiger partial charge >= 0.3 is 0 Å². The van der Waals surface area contributed by atoms with Crippen LogP contribution in [-0.2, 0) is 14.3 Å². The Balaban J connectivity index is 2.16. The SMILES string of the molecule is CC(C)C[C@@H](C)OCCC(=O)N[C@H]1CCN(C)C1=O. The molecule has 110 valence electrons. The third-order valence-electron chi connectivity index (χ3n) is 3.30. The van der Waals surface area contributed by atoms with Gasteiger partial charge in [0, 0.05) is 20.0 Å². The van der Waals surface area contributed by atoms with Crippen molar-refractivity contribution in [1.29, 1.82) is 0 Å². The van der Waals surface area contributed by atoms with Crippen molar-refractivity contribution < 1.29 is 14.3 Å². The van der Waals surface area contributed by atoms with Gasteiger partial charge in [-0.3, -0.25) is 9.59 Å². The molecule has 5 heteroatoms. The summed E-state index contributed by atoms with van der Waals surface area (Å²) in [5.41, 5.74) is 0. The van der Waals surface area contributed by atoms with Crippen molar-refractivity contribution in [2.24, 2.45) is 5.92 Å². The molecule has 1 heterocycles. The van der Waals surface area contributed by atoms with Crippen molar-refractivity contribution >= 4 is 11.8 Å². The van der Waals surface area contributed by atoms with E-state index in [0.29, 0.717) is 31.9 Å². The molecule has 2 atom stereocenters. The zero-order valence-corrected chi connectivity index (χ0v) is 12.4. The smallest absolute Gasteiger partial charge is 0.244 e. The van der Waals surface area contributed by atoms with Gasteiger partial charge in [-0.15, -0.1) is 0 Å². The van der Waals surface area contributed by atoms with Crippen LogP contribution in [0.3, 0.4) is 0 Å². The van der Waals surface area contributed by atoms with Crippen molar-refractivity contribution in [2.75, 3.05) is 20.2 Å². The molecule has 1 fully saturated rings. The Labute approximate surface area is 115 Å². The molecule has 1 saturated heterocycles. The maximum absolute atomic E-state index is 11.7. The molecule has 0 aromatic carbocycles. The summed E-state index contributed by atoms with van der Waals surface area (Å²) in [5.74, 6) is 0.489.